The predicted octanol–water partition coefficient (Wildman–Crippen LogP) is 2.06. The zero-order valence-electron chi connectivity index (χ0n) is 12.1. The molecule has 0 aliphatic carbocycles. The average molecular weight is 299 g/mol. The van der Waals surface area contributed by atoms with E-state index in [1.807, 2.05) is 11.0 Å². The fraction of sp³-hybridized carbons (Fsp3) is 0.438. The molecule has 6 nitrogen and oxygen atoms in total. The van der Waals surface area contributed by atoms with Gasteiger partial charge in [-0.3, -0.25) is 4.79 Å². The average Bonchev–Trinajstić information content (AvgIpc) is 3.23. The van der Waals surface area contributed by atoms with Crippen LogP contribution < -0.4 is 0 Å². The molecule has 0 radical (unpaired) electrons. The molecule has 2 aliphatic heterocycles. The van der Waals surface area contributed by atoms with Gasteiger partial charge in [-0.25, -0.2) is 9.97 Å². The number of ether oxygens (including phenoxy) is 1. The molecule has 4 rings (SSSR count). The molecule has 0 saturated carbocycles. The lowest BCUT2D eigenvalue weighted by atomic mass is 9.91. The summed E-state index contributed by atoms with van der Waals surface area (Å²) in [6.07, 6.45) is 6.82. The molecule has 3 atom stereocenters. The van der Waals surface area contributed by atoms with Crippen molar-refractivity contribution in [2.24, 2.45) is 5.92 Å². The molecule has 0 N–H and O–H groups in total. The number of carbonyl (C=O) groups excluding carboxylic acids is 1. The summed E-state index contributed by atoms with van der Waals surface area (Å²) in [5.41, 5.74) is 0.924. The first-order valence-electron chi connectivity index (χ1n) is 7.55. The topological polar surface area (TPSA) is 68.5 Å². The molecular weight excluding hydrogens is 282 g/mol. The summed E-state index contributed by atoms with van der Waals surface area (Å²) in [6.45, 7) is 1.37. The molecule has 0 unspecified atom stereocenters. The number of hydrogen-bond acceptors (Lipinski definition) is 5. The molecule has 0 spiro atoms. The maximum Gasteiger partial charge on any atom is 0.289 e. The highest BCUT2D eigenvalue weighted by molar-refractivity contribution is 5.91. The van der Waals surface area contributed by atoms with Crippen LogP contribution in [0.2, 0.25) is 0 Å². The number of hydrogen-bond donors (Lipinski definition) is 0. The van der Waals surface area contributed by atoms with E-state index in [9.17, 15) is 4.79 Å². The standard InChI is InChI=1S/C16H17N3O3/c20-16(13-2-1-7-21-13)19-6-4-11-8-14(22-15(11)9-19)12-3-5-17-10-18-12/h1-3,5,7,10-11,14-15H,4,6,8-9H2/t11-,14+,15+/m0/s1. The van der Waals surface area contributed by atoms with Crippen LogP contribution in [-0.2, 0) is 4.74 Å². The van der Waals surface area contributed by atoms with Crippen LogP contribution in [0.4, 0.5) is 0 Å². The Morgan fingerprint density at radius 2 is 2.32 bits per heavy atom. The van der Waals surface area contributed by atoms with Gasteiger partial charge in [-0.2, -0.15) is 0 Å². The number of aromatic nitrogens is 2. The summed E-state index contributed by atoms with van der Waals surface area (Å²) >= 11 is 0. The van der Waals surface area contributed by atoms with Crippen molar-refractivity contribution in [3.8, 4) is 0 Å². The summed E-state index contributed by atoms with van der Waals surface area (Å²) in [6, 6.07) is 5.33. The Balaban J connectivity index is 1.45. The van der Waals surface area contributed by atoms with Crippen LogP contribution in [0.3, 0.4) is 0 Å². The Bertz CT molecular complexity index is 644. The second kappa shape index (κ2) is 5.53. The van der Waals surface area contributed by atoms with Crippen LogP contribution in [0.15, 0.2) is 41.4 Å². The quantitative estimate of drug-likeness (QED) is 0.849. The zero-order chi connectivity index (χ0) is 14.9. The highest BCUT2D eigenvalue weighted by Gasteiger charge is 2.41. The van der Waals surface area contributed by atoms with E-state index >= 15 is 0 Å². The second-order valence-corrected chi connectivity index (χ2v) is 5.81. The van der Waals surface area contributed by atoms with Crippen LogP contribution in [-0.4, -0.2) is 40.0 Å². The van der Waals surface area contributed by atoms with Gasteiger partial charge in [0.2, 0.25) is 0 Å². The third-order valence-electron chi connectivity index (χ3n) is 4.51. The van der Waals surface area contributed by atoms with Crippen molar-refractivity contribution in [1.82, 2.24) is 14.9 Å². The molecule has 1 amide bonds. The monoisotopic (exact) mass is 299 g/mol. The first-order valence-corrected chi connectivity index (χ1v) is 7.55. The molecule has 2 aromatic rings. The van der Waals surface area contributed by atoms with E-state index in [0.29, 0.717) is 18.2 Å². The molecule has 4 heterocycles. The maximum absolute atomic E-state index is 12.4. The van der Waals surface area contributed by atoms with Crippen LogP contribution in [0.25, 0.3) is 0 Å². The van der Waals surface area contributed by atoms with Crippen molar-refractivity contribution < 1.29 is 13.9 Å². The van der Waals surface area contributed by atoms with Gasteiger partial charge in [0.05, 0.1) is 18.1 Å². The molecule has 114 valence electrons. The minimum Gasteiger partial charge on any atom is -0.459 e. The van der Waals surface area contributed by atoms with Crippen molar-refractivity contribution in [1.29, 1.82) is 0 Å². The normalized spacial score (nSPS) is 27.6. The minimum atomic E-state index is -0.0578. The third kappa shape index (κ3) is 2.39. The highest BCUT2D eigenvalue weighted by atomic mass is 16.5. The number of likely N-dealkylation sites (tertiary alicyclic amines) is 1. The summed E-state index contributed by atoms with van der Waals surface area (Å²) in [4.78, 5) is 22.4. The molecule has 2 aliphatic rings. The highest BCUT2D eigenvalue weighted by Crippen LogP contribution is 2.40. The maximum atomic E-state index is 12.4. The molecule has 0 bridgehead atoms. The fourth-order valence-electron chi connectivity index (χ4n) is 3.35. The number of amides is 1. The van der Waals surface area contributed by atoms with Crippen LogP contribution >= 0.6 is 0 Å². The smallest absolute Gasteiger partial charge is 0.289 e. The summed E-state index contributed by atoms with van der Waals surface area (Å²) in [5.74, 6) is 0.821. The van der Waals surface area contributed by atoms with Gasteiger partial charge in [0, 0.05) is 19.3 Å². The van der Waals surface area contributed by atoms with Gasteiger partial charge in [-0.15, -0.1) is 0 Å². The van der Waals surface area contributed by atoms with Gasteiger partial charge >= 0.3 is 0 Å². The van der Waals surface area contributed by atoms with E-state index in [0.717, 1.165) is 25.1 Å². The number of carbonyl (C=O) groups is 1. The molecule has 22 heavy (non-hydrogen) atoms. The van der Waals surface area contributed by atoms with E-state index in [1.54, 1.807) is 24.7 Å². The van der Waals surface area contributed by atoms with Gasteiger partial charge < -0.3 is 14.1 Å². The number of fused-ring (bicyclic) bond motifs is 1. The van der Waals surface area contributed by atoms with Crippen LogP contribution in [0.5, 0.6) is 0 Å². The lowest BCUT2D eigenvalue weighted by molar-refractivity contribution is -0.00644. The number of nitrogens with zero attached hydrogens (tertiary/aromatic N) is 3. The zero-order valence-corrected chi connectivity index (χ0v) is 12.1. The van der Waals surface area contributed by atoms with Crippen molar-refractivity contribution in [2.45, 2.75) is 25.0 Å². The number of rotatable bonds is 2. The number of piperidine rings is 1. The van der Waals surface area contributed by atoms with Gasteiger partial charge in [0.25, 0.3) is 5.91 Å². The first kappa shape index (κ1) is 13.5. The van der Waals surface area contributed by atoms with Gasteiger partial charge in [0.1, 0.15) is 12.4 Å². The van der Waals surface area contributed by atoms with E-state index in [-0.39, 0.29) is 18.1 Å². The predicted molar refractivity (Wildman–Crippen MR) is 77.0 cm³/mol. The molecule has 2 fully saturated rings. The largest absolute Gasteiger partial charge is 0.459 e. The Hall–Kier alpha value is -2.21. The van der Waals surface area contributed by atoms with Gasteiger partial charge in [0.15, 0.2) is 5.76 Å². The number of furan rings is 1. The molecule has 6 heteroatoms. The van der Waals surface area contributed by atoms with Crippen molar-refractivity contribution in [2.75, 3.05) is 13.1 Å². The van der Waals surface area contributed by atoms with Gasteiger partial charge in [-0.05, 0) is 37.0 Å². The lowest BCUT2D eigenvalue weighted by Crippen LogP contribution is -2.45. The van der Waals surface area contributed by atoms with Crippen molar-refractivity contribution >= 4 is 5.91 Å². The van der Waals surface area contributed by atoms with Crippen molar-refractivity contribution in [3.05, 3.63) is 48.4 Å². The lowest BCUT2D eigenvalue weighted by Gasteiger charge is -2.33. The molecule has 2 aromatic heterocycles. The van der Waals surface area contributed by atoms with E-state index < -0.39 is 0 Å². The van der Waals surface area contributed by atoms with Gasteiger partial charge in [-0.1, -0.05) is 0 Å². The summed E-state index contributed by atoms with van der Waals surface area (Å²) in [7, 11) is 0. The van der Waals surface area contributed by atoms with E-state index in [4.69, 9.17) is 9.15 Å². The Labute approximate surface area is 128 Å². The minimum absolute atomic E-state index is 0.0108. The van der Waals surface area contributed by atoms with Crippen molar-refractivity contribution in [3.63, 3.8) is 0 Å². The SMILES string of the molecule is O=C(c1ccco1)N1CC[C@H]2C[C@H](c3ccncn3)O[C@@H]2C1. The Kier molecular flexibility index (Phi) is 3.38. The fourth-order valence-corrected chi connectivity index (χ4v) is 3.35. The van der Waals surface area contributed by atoms with E-state index in [2.05, 4.69) is 9.97 Å². The van der Waals surface area contributed by atoms with Crippen LogP contribution in [0, 0.1) is 5.92 Å². The second-order valence-electron chi connectivity index (χ2n) is 5.81. The first-order chi connectivity index (χ1) is 10.8. The Morgan fingerprint density at radius 3 is 3.09 bits per heavy atom. The third-order valence-corrected chi connectivity index (χ3v) is 4.51. The van der Waals surface area contributed by atoms with Crippen LogP contribution in [0.1, 0.15) is 35.2 Å². The molecule has 0 aromatic carbocycles. The Morgan fingerprint density at radius 1 is 1.36 bits per heavy atom. The summed E-state index contributed by atoms with van der Waals surface area (Å²) in [5, 5.41) is 0. The molecular formula is C16H17N3O3. The van der Waals surface area contributed by atoms with E-state index in [1.165, 1.54) is 6.26 Å². The molecule has 2 saturated heterocycles. The summed E-state index contributed by atoms with van der Waals surface area (Å²) < 4.78 is 11.3.